The Morgan fingerprint density at radius 3 is 3.23 bits per heavy atom. The maximum atomic E-state index is 5.39. The average molecular weight is 174 g/mol. The highest BCUT2D eigenvalue weighted by atomic mass is 15.0. The van der Waals surface area contributed by atoms with Crippen molar-refractivity contribution in [2.24, 2.45) is 5.73 Å². The van der Waals surface area contributed by atoms with Crippen LogP contribution in [-0.4, -0.2) is 18.1 Å². The largest absolute Gasteiger partial charge is 0.370 e. The molecule has 0 aliphatic carbocycles. The van der Waals surface area contributed by atoms with Gasteiger partial charge in [0.1, 0.15) is 5.82 Å². The number of aromatic nitrogens is 1. The summed E-state index contributed by atoms with van der Waals surface area (Å²) >= 11 is 0. The molecule has 1 aromatic carbocycles. The number of aromatic amines is 1. The van der Waals surface area contributed by atoms with Crippen molar-refractivity contribution in [1.82, 2.24) is 4.98 Å². The minimum absolute atomic E-state index is 0.640. The summed E-state index contributed by atoms with van der Waals surface area (Å²) in [6, 6.07) is 10.9. The van der Waals surface area contributed by atoms with Crippen molar-refractivity contribution in [3.8, 4) is 0 Å². The van der Waals surface area contributed by atoms with E-state index in [4.69, 9.17) is 5.73 Å². The molecule has 0 bridgehead atoms. The van der Waals surface area contributed by atoms with Gasteiger partial charge in [-0.15, -0.1) is 0 Å². The molecule has 0 saturated carbocycles. The maximum absolute atomic E-state index is 5.39. The molecule has 1 aromatic heterocycles. The average Bonchev–Trinajstić information content (AvgIpc) is 2.57. The Balaban J connectivity index is 2.28. The van der Waals surface area contributed by atoms with Gasteiger partial charge in [-0.1, -0.05) is 6.07 Å². The van der Waals surface area contributed by atoms with Crippen LogP contribution in [0.25, 0.3) is 10.9 Å². The number of hydrogen-bond donors (Lipinski definition) is 3. The van der Waals surface area contributed by atoms with Crippen molar-refractivity contribution in [3.05, 3.63) is 30.3 Å². The highest BCUT2D eigenvalue weighted by molar-refractivity contribution is 5.83. The predicted octanol–water partition coefficient (Wildman–Crippen LogP) is 1.34. The fourth-order valence-electron chi connectivity index (χ4n) is 1.32. The first-order chi connectivity index (χ1) is 6.40. The minimum atomic E-state index is 0.640. The van der Waals surface area contributed by atoms with Crippen LogP contribution < -0.4 is 11.1 Å². The first-order valence-corrected chi connectivity index (χ1v) is 4.33. The summed E-state index contributed by atoms with van der Waals surface area (Å²) in [6.07, 6.45) is 0. The van der Waals surface area contributed by atoms with E-state index >= 15 is 0 Å². The second-order valence-electron chi connectivity index (χ2n) is 2.91. The van der Waals surface area contributed by atoms with Gasteiger partial charge in [0.25, 0.3) is 0 Å². The van der Waals surface area contributed by atoms with Crippen LogP contribution in [0.3, 0.4) is 0 Å². The molecule has 1 heterocycles. The van der Waals surface area contributed by atoms with Crippen LogP contribution in [0.2, 0.25) is 0 Å². The van der Waals surface area contributed by atoms with E-state index in [1.165, 1.54) is 5.39 Å². The van der Waals surface area contributed by atoms with E-state index in [1.807, 2.05) is 18.2 Å². The molecule has 2 aromatic rings. The van der Waals surface area contributed by atoms with Gasteiger partial charge >= 0.3 is 0 Å². The van der Waals surface area contributed by atoms with Gasteiger partial charge in [-0.05, 0) is 24.3 Å². The monoisotopic (exact) mass is 174 g/mol. The number of hydrogen-bond acceptors (Lipinski definition) is 2. The van der Waals surface area contributed by atoms with Crippen LogP contribution in [0.4, 0.5) is 5.82 Å². The third kappa shape index (κ3) is 1.65. The Hall–Kier alpha value is -1.48. The lowest BCUT2D eigenvalue weighted by atomic mass is 10.2. The summed E-state index contributed by atoms with van der Waals surface area (Å²) in [5, 5.41) is 4.36. The molecule has 0 aliphatic heterocycles. The number of anilines is 1. The van der Waals surface area contributed by atoms with E-state index in [2.05, 4.69) is 22.4 Å². The van der Waals surface area contributed by atoms with Crippen molar-refractivity contribution in [2.75, 3.05) is 18.4 Å². The molecule has 0 aliphatic rings. The molecule has 1 radical (unpaired) electrons. The summed E-state index contributed by atoms with van der Waals surface area (Å²) in [7, 11) is 0. The Kier molecular flexibility index (Phi) is 2.19. The lowest BCUT2D eigenvalue weighted by molar-refractivity contribution is 1.02. The second kappa shape index (κ2) is 3.49. The lowest BCUT2D eigenvalue weighted by Crippen LogP contribution is -2.13. The predicted molar refractivity (Wildman–Crippen MR) is 54.7 cm³/mol. The Bertz CT molecular complexity index is 359. The molecule has 3 heteroatoms. The molecule has 0 unspecified atom stereocenters. The molecule has 0 amide bonds. The summed E-state index contributed by atoms with van der Waals surface area (Å²) in [4.78, 5) is 3.24. The highest BCUT2D eigenvalue weighted by Crippen LogP contribution is 2.17. The number of nitrogens with two attached hydrogens (primary N) is 1. The molecule has 0 spiro atoms. The summed E-state index contributed by atoms with van der Waals surface area (Å²) in [5.41, 5.74) is 6.51. The van der Waals surface area contributed by atoms with E-state index in [1.54, 1.807) is 0 Å². The molecule has 4 N–H and O–H groups in total. The number of H-pyrrole nitrogens is 1. The first-order valence-electron chi connectivity index (χ1n) is 4.33. The second-order valence-corrected chi connectivity index (χ2v) is 2.91. The summed E-state index contributed by atoms with van der Waals surface area (Å²) in [5.74, 6) is 1.01. The van der Waals surface area contributed by atoms with Crippen molar-refractivity contribution in [1.29, 1.82) is 0 Å². The SMILES string of the molecule is NCCNc1cc2c[c]ccc2[nH]1. The minimum Gasteiger partial charge on any atom is -0.370 e. The molecule has 0 atom stereocenters. The summed E-state index contributed by atoms with van der Waals surface area (Å²) in [6.45, 7) is 1.43. The van der Waals surface area contributed by atoms with Gasteiger partial charge < -0.3 is 16.0 Å². The first kappa shape index (κ1) is 8.13. The number of nitrogens with one attached hydrogen (secondary N) is 2. The Morgan fingerprint density at radius 2 is 2.46 bits per heavy atom. The summed E-state index contributed by atoms with van der Waals surface area (Å²) < 4.78 is 0. The molecule has 0 fully saturated rings. The van der Waals surface area contributed by atoms with E-state index in [0.717, 1.165) is 17.9 Å². The van der Waals surface area contributed by atoms with E-state index < -0.39 is 0 Å². The Morgan fingerprint density at radius 1 is 1.54 bits per heavy atom. The van der Waals surface area contributed by atoms with Crippen LogP contribution >= 0.6 is 0 Å². The third-order valence-corrected chi connectivity index (χ3v) is 1.93. The molecule has 2 rings (SSSR count). The van der Waals surface area contributed by atoms with Crippen molar-refractivity contribution >= 4 is 16.7 Å². The van der Waals surface area contributed by atoms with Crippen molar-refractivity contribution < 1.29 is 0 Å². The van der Waals surface area contributed by atoms with Gasteiger partial charge in [0.15, 0.2) is 0 Å². The van der Waals surface area contributed by atoms with E-state index in [-0.39, 0.29) is 0 Å². The molecule has 67 valence electrons. The standard InChI is InChI=1S/C10H12N3/c11-5-6-12-10-7-8-3-1-2-4-9(8)13-10/h2-4,7,12-13H,5-6,11H2. The molecular weight excluding hydrogens is 162 g/mol. The fourth-order valence-corrected chi connectivity index (χ4v) is 1.32. The maximum Gasteiger partial charge on any atom is 0.104 e. The number of rotatable bonds is 3. The topological polar surface area (TPSA) is 53.8 Å². The van der Waals surface area contributed by atoms with Gasteiger partial charge in [0.2, 0.25) is 0 Å². The van der Waals surface area contributed by atoms with Gasteiger partial charge in [-0.2, -0.15) is 0 Å². The van der Waals surface area contributed by atoms with Crippen molar-refractivity contribution in [2.45, 2.75) is 0 Å². The van der Waals surface area contributed by atoms with E-state index in [0.29, 0.717) is 6.54 Å². The quantitative estimate of drug-likeness (QED) is 0.657. The fraction of sp³-hybridized carbons (Fsp3) is 0.200. The smallest absolute Gasteiger partial charge is 0.104 e. The zero-order valence-corrected chi connectivity index (χ0v) is 7.30. The van der Waals surface area contributed by atoms with E-state index in [9.17, 15) is 0 Å². The number of benzene rings is 1. The molecule has 3 nitrogen and oxygen atoms in total. The van der Waals surface area contributed by atoms with Gasteiger partial charge in [-0.3, -0.25) is 0 Å². The van der Waals surface area contributed by atoms with Gasteiger partial charge in [0.05, 0.1) is 0 Å². The van der Waals surface area contributed by atoms with Crippen LogP contribution in [0.1, 0.15) is 0 Å². The zero-order valence-electron chi connectivity index (χ0n) is 7.30. The molecule has 13 heavy (non-hydrogen) atoms. The normalized spacial score (nSPS) is 10.5. The van der Waals surface area contributed by atoms with Crippen LogP contribution in [0.5, 0.6) is 0 Å². The van der Waals surface area contributed by atoms with Gasteiger partial charge in [-0.25, -0.2) is 0 Å². The van der Waals surface area contributed by atoms with Gasteiger partial charge in [0, 0.05) is 24.0 Å². The lowest BCUT2D eigenvalue weighted by Gasteiger charge is -1.98. The van der Waals surface area contributed by atoms with Crippen molar-refractivity contribution in [3.63, 3.8) is 0 Å². The molecular formula is C10H12N3. The molecule has 0 saturated heterocycles. The zero-order chi connectivity index (χ0) is 9.10. The Labute approximate surface area is 76.9 Å². The highest BCUT2D eigenvalue weighted by Gasteiger charge is 1.97. The third-order valence-electron chi connectivity index (χ3n) is 1.93. The number of fused-ring (bicyclic) bond motifs is 1. The van der Waals surface area contributed by atoms with Crippen LogP contribution in [0.15, 0.2) is 24.3 Å². The van der Waals surface area contributed by atoms with Crippen LogP contribution in [0, 0.1) is 6.07 Å². The van der Waals surface area contributed by atoms with Crippen LogP contribution in [-0.2, 0) is 0 Å².